The SMILES string of the molecule is C=CC(=O)OCCC(S)(S)S.OCC(CO)(CO)CO. The zero-order valence-corrected chi connectivity index (χ0v) is 13.7. The second-order valence-electron chi connectivity index (χ2n) is 4.03. The van der Waals surface area contributed by atoms with E-state index >= 15 is 0 Å². The number of rotatable bonds is 8. The highest BCUT2D eigenvalue weighted by Gasteiger charge is 2.26. The number of aliphatic hydroxyl groups excluding tert-OH is 4. The van der Waals surface area contributed by atoms with Gasteiger partial charge in [-0.1, -0.05) is 6.58 Å². The first-order valence-electron chi connectivity index (χ1n) is 5.60. The standard InChI is InChI=1S/C6H10O2S3.C5H12O4/c1-2-5(7)8-4-3-6(9,10)11;6-1-5(2-7,3-8)4-9/h2,9-11H,1,3-4H2;6-9H,1-4H2. The van der Waals surface area contributed by atoms with Crippen LogP contribution in [0.15, 0.2) is 12.7 Å². The summed E-state index contributed by atoms with van der Waals surface area (Å²) in [5.41, 5.74) is -1.11. The molecule has 0 radical (unpaired) electrons. The lowest BCUT2D eigenvalue weighted by atomic mass is 9.93. The van der Waals surface area contributed by atoms with Crippen molar-refractivity contribution < 1.29 is 30.0 Å². The molecule has 0 heterocycles. The van der Waals surface area contributed by atoms with Crippen molar-refractivity contribution >= 4 is 43.9 Å². The summed E-state index contributed by atoms with van der Waals surface area (Å²) in [5, 5.41) is 34.0. The van der Waals surface area contributed by atoms with E-state index < -0.39 is 41.2 Å². The Balaban J connectivity index is 0. The third-order valence-electron chi connectivity index (χ3n) is 2.19. The van der Waals surface area contributed by atoms with Crippen molar-refractivity contribution in [3.8, 4) is 0 Å². The van der Waals surface area contributed by atoms with E-state index in [4.69, 9.17) is 20.4 Å². The Bertz CT molecular complexity index is 258. The topological polar surface area (TPSA) is 107 Å². The van der Waals surface area contributed by atoms with Gasteiger partial charge in [-0.15, -0.1) is 0 Å². The molecule has 0 fully saturated rings. The second-order valence-corrected chi connectivity index (χ2v) is 7.38. The van der Waals surface area contributed by atoms with E-state index in [2.05, 4.69) is 49.2 Å². The van der Waals surface area contributed by atoms with Gasteiger partial charge in [0.05, 0.1) is 38.4 Å². The van der Waals surface area contributed by atoms with Crippen LogP contribution in [0.5, 0.6) is 0 Å². The Labute approximate surface area is 135 Å². The number of thiol groups is 3. The highest BCUT2D eigenvalue weighted by Crippen LogP contribution is 2.27. The van der Waals surface area contributed by atoms with Gasteiger partial charge in [-0.2, -0.15) is 37.9 Å². The molecule has 0 spiro atoms. The van der Waals surface area contributed by atoms with Gasteiger partial charge in [-0.05, 0) is 0 Å². The molecule has 20 heavy (non-hydrogen) atoms. The van der Waals surface area contributed by atoms with Gasteiger partial charge in [0, 0.05) is 12.5 Å². The average Bonchev–Trinajstić information content (AvgIpc) is 2.41. The minimum atomic E-state index is -1.11. The molecule has 0 atom stereocenters. The van der Waals surface area contributed by atoms with Gasteiger partial charge in [0.1, 0.15) is 3.41 Å². The first kappa shape index (κ1) is 22.4. The quantitative estimate of drug-likeness (QED) is 0.138. The van der Waals surface area contributed by atoms with Gasteiger partial charge in [0.15, 0.2) is 0 Å². The summed E-state index contributed by atoms with van der Waals surface area (Å²) in [6.07, 6.45) is 1.58. The Morgan fingerprint density at radius 1 is 1.05 bits per heavy atom. The van der Waals surface area contributed by atoms with Crippen LogP contribution in [0.25, 0.3) is 0 Å². The maximum absolute atomic E-state index is 10.5. The Kier molecular flexibility index (Phi) is 13.1. The number of carbonyl (C=O) groups is 1. The normalized spacial score (nSPS) is 11.3. The molecule has 0 unspecified atom stereocenters. The van der Waals surface area contributed by atoms with Crippen LogP contribution in [0.1, 0.15) is 6.42 Å². The number of hydrogen-bond donors (Lipinski definition) is 7. The predicted octanol–water partition coefficient (Wildman–Crippen LogP) is -0.509. The van der Waals surface area contributed by atoms with Crippen LogP contribution < -0.4 is 0 Å². The van der Waals surface area contributed by atoms with Crippen LogP contribution in [0, 0.1) is 5.41 Å². The molecular formula is C11H22O6S3. The van der Waals surface area contributed by atoms with Crippen molar-refractivity contribution in [2.24, 2.45) is 5.41 Å². The fraction of sp³-hybridized carbons (Fsp3) is 0.727. The van der Waals surface area contributed by atoms with Crippen molar-refractivity contribution in [3.05, 3.63) is 12.7 Å². The molecule has 0 aliphatic carbocycles. The number of ether oxygens (including phenoxy) is 1. The minimum absolute atomic E-state index is 0.251. The molecule has 0 bridgehead atoms. The summed E-state index contributed by atoms with van der Waals surface area (Å²) in [7, 11) is 0. The Morgan fingerprint density at radius 3 is 1.65 bits per heavy atom. The third-order valence-corrected chi connectivity index (χ3v) is 2.86. The smallest absolute Gasteiger partial charge is 0.330 e. The molecule has 0 rings (SSSR count). The summed E-state index contributed by atoms with van der Waals surface area (Å²) >= 11 is 12.0. The van der Waals surface area contributed by atoms with Gasteiger partial charge in [0.2, 0.25) is 0 Å². The summed E-state index contributed by atoms with van der Waals surface area (Å²) in [4.78, 5) is 10.5. The summed E-state index contributed by atoms with van der Waals surface area (Å²) < 4.78 is 3.97. The number of aliphatic hydroxyl groups is 4. The molecule has 0 amide bonds. The second kappa shape index (κ2) is 11.7. The Morgan fingerprint density at radius 2 is 1.45 bits per heavy atom. The molecule has 120 valence electrons. The van der Waals surface area contributed by atoms with Gasteiger partial charge >= 0.3 is 5.97 Å². The van der Waals surface area contributed by atoms with E-state index in [9.17, 15) is 4.79 Å². The zero-order chi connectivity index (χ0) is 16.2. The van der Waals surface area contributed by atoms with E-state index in [0.29, 0.717) is 6.42 Å². The maximum atomic E-state index is 10.5. The number of esters is 1. The fourth-order valence-electron chi connectivity index (χ4n) is 0.647. The first-order chi connectivity index (χ1) is 9.20. The summed E-state index contributed by atoms with van der Waals surface area (Å²) in [6.45, 7) is 1.87. The van der Waals surface area contributed by atoms with Crippen LogP contribution in [0.3, 0.4) is 0 Å². The van der Waals surface area contributed by atoms with Crippen LogP contribution in [-0.2, 0) is 9.53 Å². The van der Waals surface area contributed by atoms with E-state index in [0.717, 1.165) is 6.08 Å². The van der Waals surface area contributed by atoms with Crippen molar-refractivity contribution in [1.82, 2.24) is 0 Å². The molecular weight excluding hydrogens is 324 g/mol. The molecule has 9 heteroatoms. The molecule has 0 aromatic rings. The van der Waals surface area contributed by atoms with Crippen molar-refractivity contribution in [3.63, 3.8) is 0 Å². The average molecular weight is 346 g/mol. The highest BCUT2D eigenvalue weighted by atomic mass is 32.2. The highest BCUT2D eigenvalue weighted by molar-refractivity contribution is 8.16. The molecule has 0 aromatic carbocycles. The van der Waals surface area contributed by atoms with E-state index in [1.807, 2.05) is 0 Å². The van der Waals surface area contributed by atoms with Crippen LogP contribution in [-0.4, -0.2) is 62.8 Å². The number of carbonyl (C=O) groups excluding carboxylic acids is 1. The monoisotopic (exact) mass is 346 g/mol. The predicted molar refractivity (Wildman–Crippen MR) is 86.2 cm³/mol. The lowest BCUT2D eigenvalue weighted by molar-refractivity contribution is -0.137. The van der Waals surface area contributed by atoms with Gasteiger partial charge in [-0.25, -0.2) is 4.79 Å². The molecule has 0 saturated carbocycles. The largest absolute Gasteiger partial charge is 0.462 e. The summed E-state index contributed by atoms with van der Waals surface area (Å²) in [6, 6.07) is 0. The van der Waals surface area contributed by atoms with Gasteiger partial charge in [-0.3, -0.25) is 0 Å². The molecule has 0 saturated heterocycles. The lowest BCUT2D eigenvalue weighted by Gasteiger charge is -2.23. The fourth-order valence-corrected chi connectivity index (χ4v) is 0.921. The van der Waals surface area contributed by atoms with Crippen molar-refractivity contribution in [2.45, 2.75) is 9.83 Å². The summed E-state index contributed by atoms with van der Waals surface area (Å²) in [5.74, 6) is -0.441. The maximum Gasteiger partial charge on any atom is 0.330 e. The molecule has 0 aliphatic heterocycles. The van der Waals surface area contributed by atoms with Gasteiger partial charge in [0.25, 0.3) is 0 Å². The van der Waals surface area contributed by atoms with E-state index in [-0.39, 0.29) is 6.61 Å². The third kappa shape index (κ3) is 11.9. The van der Waals surface area contributed by atoms with Crippen molar-refractivity contribution in [2.75, 3.05) is 33.0 Å². The molecule has 0 aliphatic rings. The van der Waals surface area contributed by atoms with E-state index in [1.165, 1.54) is 0 Å². The Hall–Kier alpha value is 0.1000. The van der Waals surface area contributed by atoms with E-state index in [1.54, 1.807) is 0 Å². The van der Waals surface area contributed by atoms with Crippen LogP contribution in [0.4, 0.5) is 0 Å². The molecule has 4 N–H and O–H groups in total. The molecule has 6 nitrogen and oxygen atoms in total. The van der Waals surface area contributed by atoms with Gasteiger partial charge < -0.3 is 25.2 Å². The van der Waals surface area contributed by atoms with Crippen LogP contribution in [0.2, 0.25) is 0 Å². The lowest BCUT2D eigenvalue weighted by Crippen LogP contribution is -2.37. The zero-order valence-electron chi connectivity index (χ0n) is 11.0. The minimum Gasteiger partial charge on any atom is -0.462 e. The molecule has 0 aromatic heterocycles. The number of hydrogen-bond acceptors (Lipinski definition) is 9. The first-order valence-corrected chi connectivity index (χ1v) is 6.94. The van der Waals surface area contributed by atoms with Crippen molar-refractivity contribution in [1.29, 1.82) is 0 Å². The van der Waals surface area contributed by atoms with Crippen LogP contribution >= 0.6 is 37.9 Å².